The number of nitrogens with one attached hydrogen (secondary N) is 1. The van der Waals surface area contributed by atoms with E-state index >= 15 is 0 Å². The predicted molar refractivity (Wildman–Crippen MR) is 118 cm³/mol. The van der Waals surface area contributed by atoms with Crippen molar-refractivity contribution in [3.63, 3.8) is 0 Å². The Balaban J connectivity index is 1.67. The Morgan fingerprint density at radius 1 is 1.41 bits per heavy atom. The number of benzene rings is 1. The number of carbonyl (C=O) groups excluding carboxylic acids is 1. The number of halogens is 1. The molecule has 0 saturated heterocycles. The second-order valence-corrected chi connectivity index (χ2v) is 10.3. The van der Waals surface area contributed by atoms with E-state index in [1.807, 2.05) is 13.8 Å². The van der Waals surface area contributed by atoms with E-state index in [2.05, 4.69) is 31.7 Å². The standard InChI is InChI=1S/C20H22FN7O3S/c1-20(2)19-23-14(15(29)18(31)28(19)7-8-32(20)4)17(30)22-10-11-5-6-12(21)9-13(11)16-24-25-26-27(16)3/h5-6,9,29H,4,7-8,10H2,1-3H3,(H,22,30). The molecule has 1 aromatic carbocycles. The van der Waals surface area contributed by atoms with E-state index < -0.39 is 27.8 Å². The van der Waals surface area contributed by atoms with Crippen LogP contribution in [0, 0.1) is 5.82 Å². The molecule has 0 aliphatic carbocycles. The Labute approximate surface area is 185 Å². The lowest BCUT2D eigenvalue weighted by Crippen LogP contribution is -2.39. The average molecular weight is 460 g/mol. The number of hydrogen-bond acceptors (Lipinski definition) is 7. The number of aromatic hydroxyl groups is 1. The van der Waals surface area contributed by atoms with E-state index in [1.54, 1.807) is 7.05 Å². The summed E-state index contributed by atoms with van der Waals surface area (Å²) in [5.74, 6) is 3.69. The highest BCUT2D eigenvalue weighted by atomic mass is 32.2. The van der Waals surface area contributed by atoms with Crippen molar-refractivity contribution < 1.29 is 14.3 Å². The molecule has 2 N–H and O–H groups in total. The zero-order valence-corrected chi connectivity index (χ0v) is 18.6. The van der Waals surface area contributed by atoms with Gasteiger partial charge in [0.25, 0.3) is 11.5 Å². The van der Waals surface area contributed by atoms with Crippen molar-refractivity contribution in [2.45, 2.75) is 31.7 Å². The third-order valence-corrected chi connectivity index (χ3v) is 7.86. The lowest BCUT2D eigenvalue weighted by atomic mass is 10.1. The molecule has 168 valence electrons. The van der Waals surface area contributed by atoms with E-state index in [1.165, 1.54) is 27.4 Å². The van der Waals surface area contributed by atoms with Crippen LogP contribution in [0.1, 0.15) is 35.7 Å². The van der Waals surface area contributed by atoms with Crippen molar-refractivity contribution in [1.29, 1.82) is 0 Å². The van der Waals surface area contributed by atoms with Crippen LogP contribution in [0.15, 0.2) is 23.0 Å². The van der Waals surface area contributed by atoms with Crippen LogP contribution >= 0.6 is 10.5 Å². The van der Waals surface area contributed by atoms with Gasteiger partial charge in [0.2, 0.25) is 5.75 Å². The largest absolute Gasteiger partial charge is 0.501 e. The van der Waals surface area contributed by atoms with E-state index in [0.29, 0.717) is 35.1 Å². The average Bonchev–Trinajstić information content (AvgIpc) is 3.18. The number of hydrogen-bond donors (Lipinski definition) is 2. The Kier molecular flexibility index (Phi) is 5.41. The molecule has 0 bridgehead atoms. The van der Waals surface area contributed by atoms with Crippen molar-refractivity contribution in [3.05, 3.63) is 51.5 Å². The quantitative estimate of drug-likeness (QED) is 0.560. The molecule has 1 unspecified atom stereocenters. The van der Waals surface area contributed by atoms with Gasteiger partial charge in [0.05, 0.1) is 4.75 Å². The van der Waals surface area contributed by atoms with Gasteiger partial charge in [-0.3, -0.25) is 14.2 Å². The van der Waals surface area contributed by atoms with Gasteiger partial charge >= 0.3 is 0 Å². The zero-order chi connectivity index (χ0) is 23.2. The summed E-state index contributed by atoms with van der Waals surface area (Å²) in [5.41, 5.74) is -0.0519. The van der Waals surface area contributed by atoms with Crippen LogP contribution in [0.25, 0.3) is 11.4 Å². The summed E-state index contributed by atoms with van der Waals surface area (Å²) in [4.78, 5) is 29.9. The van der Waals surface area contributed by atoms with E-state index in [9.17, 15) is 19.1 Å². The molecule has 12 heteroatoms. The SMILES string of the molecule is C=S1CCn2c(nc(C(=O)NCc3ccc(F)cc3-c3nnnn3C)c(O)c2=O)C1(C)C. The fourth-order valence-electron chi connectivity index (χ4n) is 3.58. The van der Waals surface area contributed by atoms with Gasteiger partial charge in [-0.2, -0.15) is 10.5 Å². The number of aromatic nitrogens is 6. The number of carbonyl (C=O) groups is 1. The van der Waals surface area contributed by atoms with Crippen LogP contribution < -0.4 is 10.9 Å². The Morgan fingerprint density at radius 2 is 2.16 bits per heavy atom. The molecule has 32 heavy (non-hydrogen) atoms. The summed E-state index contributed by atoms with van der Waals surface area (Å²) in [6.07, 6.45) is 0. The third kappa shape index (κ3) is 3.60. The molecule has 3 heterocycles. The predicted octanol–water partition coefficient (Wildman–Crippen LogP) is 1.16. The summed E-state index contributed by atoms with van der Waals surface area (Å²) in [7, 11) is 1.32. The molecule has 0 fully saturated rings. The molecule has 0 radical (unpaired) electrons. The molecule has 3 aromatic rings. The van der Waals surface area contributed by atoms with Crippen LogP contribution in [0.3, 0.4) is 0 Å². The number of rotatable bonds is 4. The minimum atomic E-state index is -0.723. The summed E-state index contributed by atoms with van der Waals surface area (Å²) in [6, 6.07) is 4.03. The molecule has 10 nitrogen and oxygen atoms in total. The summed E-state index contributed by atoms with van der Waals surface area (Å²) in [5, 5.41) is 24.2. The number of fused-ring (bicyclic) bond motifs is 1. The molecular formula is C20H22FN7O3S. The van der Waals surface area contributed by atoms with Gasteiger partial charge in [0.1, 0.15) is 11.6 Å². The van der Waals surface area contributed by atoms with Gasteiger partial charge < -0.3 is 10.4 Å². The Morgan fingerprint density at radius 3 is 2.84 bits per heavy atom. The van der Waals surface area contributed by atoms with Gasteiger partial charge in [-0.15, -0.1) is 5.10 Å². The number of tetrazole rings is 1. The number of aryl methyl sites for hydroxylation is 1. The minimum absolute atomic E-state index is 0.0239. The molecular weight excluding hydrogens is 437 g/mol. The van der Waals surface area contributed by atoms with Crippen molar-refractivity contribution in [1.82, 2.24) is 35.1 Å². The number of nitrogens with zero attached hydrogens (tertiary/aromatic N) is 6. The van der Waals surface area contributed by atoms with Crippen molar-refractivity contribution >= 4 is 22.3 Å². The van der Waals surface area contributed by atoms with Crippen molar-refractivity contribution in [3.8, 4) is 17.1 Å². The highest BCUT2D eigenvalue weighted by molar-refractivity contribution is 8.14. The van der Waals surface area contributed by atoms with Crippen LogP contribution in [0.4, 0.5) is 4.39 Å². The van der Waals surface area contributed by atoms with Crippen LogP contribution in [-0.2, 0) is 24.9 Å². The molecule has 1 atom stereocenters. The second kappa shape index (κ2) is 7.93. The molecule has 1 amide bonds. The zero-order valence-electron chi connectivity index (χ0n) is 17.8. The first-order valence-electron chi connectivity index (χ1n) is 9.75. The molecule has 0 saturated carbocycles. The lowest BCUT2D eigenvalue weighted by molar-refractivity contribution is 0.0941. The Hall–Kier alpha value is -3.41. The fraction of sp³-hybridized carbons (Fsp3) is 0.350. The second-order valence-electron chi connectivity index (χ2n) is 7.91. The monoisotopic (exact) mass is 459 g/mol. The van der Waals surface area contributed by atoms with Crippen LogP contribution in [0.2, 0.25) is 0 Å². The van der Waals surface area contributed by atoms with E-state index in [4.69, 9.17) is 0 Å². The number of amides is 1. The van der Waals surface area contributed by atoms with Crippen LogP contribution in [-0.4, -0.2) is 52.4 Å². The third-order valence-electron chi connectivity index (χ3n) is 5.55. The maximum Gasteiger partial charge on any atom is 0.296 e. The van der Waals surface area contributed by atoms with Gasteiger partial charge in [0, 0.05) is 31.5 Å². The molecule has 2 aromatic heterocycles. The summed E-state index contributed by atoms with van der Waals surface area (Å²) < 4.78 is 16.1. The van der Waals surface area contributed by atoms with Crippen molar-refractivity contribution in [2.75, 3.05) is 5.75 Å². The maximum atomic E-state index is 13.8. The minimum Gasteiger partial charge on any atom is -0.501 e. The molecule has 1 aliphatic heterocycles. The summed E-state index contributed by atoms with van der Waals surface area (Å²) in [6.45, 7) is 4.19. The van der Waals surface area contributed by atoms with Crippen molar-refractivity contribution in [2.24, 2.45) is 7.05 Å². The fourth-order valence-corrected chi connectivity index (χ4v) is 4.91. The molecule has 1 aliphatic rings. The van der Waals surface area contributed by atoms with E-state index in [0.717, 1.165) is 0 Å². The smallest absolute Gasteiger partial charge is 0.296 e. The highest BCUT2D eigenvalue weighted by Gasteiger charge is 2.35. The molecule has 0 spiro atoms. The first kappa shape index (κ1) is 21.8. The lowest BCUT2D eigenvalue weighted by Gasteiger charge is -2.35. The van der Waals surface area contributed by atoms with Gasteiger partial charge in [0.15, 0.2) is 11.5 Å². The van der Waals surface area contributed by atoms with Crippen LogP contribution in [0.5, 0.6) is 5.75 Å². The normalized spacial score (nSPS) is 17.1. The van der Waals surface area contributed by atoms with E-state index in [-0.39, 0.29) is 22.7 Å². The van der Waals surface area contributed by atoms with Gasteiger partial charge in [-0.1, -0.05) is 11.9 Å². The Bertz CT molecular complexity index is 1320. The molecule has 4 rings (SSSR count). The highest BCUT2D eigenvalue weighted by Crippen LogP contribution is 2.42. The van der Waals surface area contributed by atoms with Gasteiger partial charge in [-0.25, -0.2) is 14.1 Å². The first-order chi connectivity index (χ1) is 15.1. The maximum absolute atomic E-state index is 13.8. The van der Waals surface area contributed by atoms with Gasteiger partial charge in [-0.05, 0) is 42.0 Å². The first-order valence-corrected chi connectivity index (χ1v) is 11.3. The summed E-state index contributed by atoms with van der Waals surface area (Å²) >= 11 is 0. The topological polar surface area (TPSA) is 128 Å².